The SMILES string of the molecule is Cn1cc(S(=O)(=O)N2CC[C@@]34OC[C@@H](c5ccccc5)N3C(=O)C[C@@H]24)cn1. The fraction of sp³-hybridized carbons (Fsp3) is 0.444. The van der Waals surface area contributed by atoms with Crippen molar-refractivity contribution in [2.75, 3.05) is 13.2 Å². The van der Waals surface area contributed by atoms with Crippen LogP contribution in [0.5, 0.6) is 0 Å². The smallest absolute Gasteiger partial charge is 0.246 e. The molecule has 9 heteroatoms. The van der Waals surface area contributed by atoms with Crippen LogP contribution in [0.4, 0.5) is 0 Å². The van der Waals surface area contributed by atoms with Gasteiger partial charge in [0.05, 0.1) is 24.9 Å². The van der Waals surface area contributed by atoms with E-state index in [9.17, 15) is 13.2 Å². The zero-order valence-electron chi connectivity index (χ0n) is 14.9. The van der Waals surface area contributed by atoms with Gasteiger partial charge in [0.15, 0.2) is 5.72 Å². The third kappa shape index (κ3) is 2.25. The van der Waals surface area contributed by atoms with Crippen molar-refractivity contribution < 1.29 is 17.9 Å². The molecule has 1 aromatic carbocycles. The fourth-order valence-electron chi connectivity index (χ4n) is 4.68. The molecule has 3 atom stereocenters. The number of amides is 1. The normalized spacial score (nSPS) is 30.7. The van der Waals surface area contributed by atoms with Gasteiger partial charge in [0.25, 0.3) is 0 Å². The first-order valence-corrected chi connectivity index (χ1v) is 10.4. The summed E-state index contributed by atoms with van der Waals surface area (Å²) < 4.78 is 35.3. The minimum atomic E-state index is -3.73. The number of sulfonamides is 1. The molecule has 3 aliphatic rings. The maximum atomic E-state index is 13.1. The molecule has 3 saturated heterocycles. The average Bonchev–Trinajstić information content (AvgIpc) is 3.38. The molecule has 5 rings (SSSR count). The zero-order valence-corrected chi connectivity index (χ0v) is 15.7. The summed E-state index contributed by atoms with van der Waals surface area (Å²) in [5.41, 5.74) is 0.143. The molecule has 0 bridgehead atoms. The Kier molecular flexibility index (Phi) is 3.53. The van der Waals surface area contributed by atoms with Crippen LogP contribution < -0.4 is 0 Å². The molecule has 1 spiro atoms. The van der Waals surface area contributed by atoms with Crippen LogP contribution >= 0.6 is 0 Å². The molecule has 3 aliphatic heterocycles. The van der Waals surface area contributed by atoms with Crippen LogP contribution in [0.1, 0.15) is 24.4 Å². The number of hydrogen-bond donors (Lipinski definition) is 0. The second kappa shape index (κ2) is 5.63. The number of nitrogens with zero attached hydrogens (tertiary/aromatic N) is 4. The van der Waals surface area contributed by atoms with Gasteiger partial charge < -0.3 is 9.64 Å². The Morgan fingerprint density at radius 2 is 2.04 bits per heavy atom. The average molecular weight is 388 g/mol. The molecule has 142 valence electrons. The number of carbonyl (C=O) groups is 1. The lowest BCUT2D eigenvalue weighted by Gasteiger charge is -2.33. The van der Waals surface area contributed by atoms with Crippen molar-refractivity contribution in [3.05, 3.63) is 48.3 Å². The minimum Gasteiger partial charge on any atom is -0.351 e. The van der Waals surface area contributed by atoms with Gasteiger partial charge >= 0.3 is 0 Å². The summed E-state index contributed by atoms with van der Waals surface area (Å²) in [6.07, 6.45) is 3.45. The van der Waals surface area contributed by atoms with Crippen LogP contribution in [0.3, 0.4) is 0 Å². The summed E-state index contributed by atoms with van der Waals surface area (Å²) in [5.74, 6) is -0.0579. The predicted octanol–water partition coefficient (Wildman–Crippen LogP) is 0.883. The Hall–Kier alpha value is -2.23. The summed E-state index contributed by atoms with van der Waals surface area (Å²) in [6, 6.07) is 9.08. The molecular weight excluding hydrogens is 368 g/mol. The molecule has 2 aromatic rings. The Morgan fingerprint density at radius 3 is 2.74 bits per heavy atom. The predicted molar refractivity (Wildman–Crippen MR) is 94.8 cm³/mol. The summed E-state index contributed by atoms with van der Waals surface area (Å²) in [5, 5.41) is 3.97. The fourth-order valence-corrected chi connectivity index (χ4v) is 6.33. The van der Waals surface area contributed by atoms with Crippen molar-refractivity contribution in [3.63, 3.8) is 0 Å². The molecule has 0 radical (unpaired) electrons. The van der Waals surface area contributed by atoms with Crippen LogP contribution in [0.25, 0.3) is 0 Å². The van der Waals surface area contributed by atoms with Gasteiger partial charge in [0.1, 0.15) is 4.90 Å². The van der Waals surface area contributed by atoms with Crippen LogP contribution in [-0.2, 0) is 26.6 Å². The number of carbonyl (C=O) groups excluding carboxylic acids is 1. The number of benzene rings is 1. The topological polar surface area (TPSA) is 84.7 Å². The molecular formula is C18H20N4O4S. The third-order valence-corrected chi connectivity index (χ3v) is 7.74. The summed E-state index contributed by atoms with van der Waals surface area (Å²) in [4.78, 5) is 14.8. The van der Waals surface area contributed by atoms with E-state index in [4.69, 9.17) is 4.74 Å². The van der Waals surface area contributed by atoms with Crippen molar-refractivity contribution in [2.24, 2.45) is 7.05 Å². The first-order chi connectivity index (χ1) is 12.9. The molecule has 1 amide bonds. The van der Waals surface area contributed by atoms with Gasteiger partial charge in [-0.25, -0.2) is 8.42 Å². The lowest BCUT2D eigenvalue weighted by molar-refractivity contribution is -0.138. The maximum absolute atomic E-state index is 13.1. The molecule has 8 nitrogen and oxygen atoms in total. The van der Waals surface area contributed by atoms with Gasteiger partial charge in [0.2, 0.25) is 15.9 Å². The molecule has 4 heterocycles. The molecule has 27 heavy (non-hydrogen) atoms. The van der Waals surface area contributed by atoms with E-state index < -0.39 is 21.8 Å². The second-order valence-corrected chi connectivity index (χ2v) is 9.17. The van der Waals surface area contributed by atoms with Crippen molar-refractivity contribution in [1.29, 1.82) is 0 Å². The standard InChI is InChI=1S/C18H20N4O4S/c1-20-11-14(10-19-20)27(24,25)21-8-7-18-16(21)9-17(23)22(18)15(12-26-18)13-5-3-2-4-6-13/h2-6,10-11,15-16H,7-9,12H2,1H3/t15-,16+,18-/m0/s1. The van der Waals surface area contributed by atoms with Gasteiger partial charge in [-0.15, -0.1) is 0 Å². The van der Waals surface area contributed by atoms with E-state index in [1.165, 1.54) is 21.4 Å². The summed E-state index contributed by atoms with van der Waals surface area (Å²) in [7, 11) is -2.05. The highest BCUT2D eigenvalue weighted by molar-refractivity contribution is 7.89. The number of ether oxygens (including phenoxy) is 1. The number of hydrogen-bond acceptors (Lipinski definition) is 5. The van der Waals surface area contributed by atoms with Crippen molar-refractivity contribution in [1.82, 2.24) is 19.0 Å². The highest BCUT2D eigenvalue weighted by atomic mass is 32.2. The summed E-state index contributed by atoms with van der Waals surface area (Å²) >= 11 is 0. The van der Waals surface area contributed by atoms with E-state index in [-0.39, 0.29) is 23.3 Å². The maximum Gasteiger partial charge on any atom is 0.246 e. The first-order valence-electron chi connectivity index (χ1n) is 8.95. The molecule has 3 fully saturated rings. The van der Waals surface area contributed by atoms with Crippen molar-refractivity contribution in [3.8, 4) is 0 Å². The van der Waals surface area contributed by atoms with Gasteiger partial charge in [0, 0.05) is 32.6 Å². The number of rotatable bonds is 3. The third-order valence-electron chi connectivity index (χ3n) is 5.88. The van der Waals surface area contributed by atoms with E-state index in [1.807, 2.05) is 30.3 Å². The van der Waals surface area contributed by atoms with Gasteiger partial charge in [-0.2, -0.15) is 9.40 Å². The zero-order chi connectivity index (χ0) is 18.8. The van der Waals surface area contributed by atoms with E-state index in [2.05, 4.69) is 5.10 Å². The van der Waals surface area contributed by atoms with Crippen molar-refractivity contribution >= 4 is 15.9 Å². The van der Waals surface area contributed by atoms with Gasteiger partial charge in [-0.1, -0.05) is 30.3 Å². The molecule has 0 saturated carbocycles. The van der Waals surface area contributed by atoms with E-state index in [0.29, 0.717) is 19.6 Å². The number of aromatic nitrogens is 2. The van der Waals surface area contributed by atoms with Crippen LogP contribution in [0.15, 0.2) is 47.6 Å². The number of aryl methyl sites for hydroxylation is 1. The van der Waals surface area contributed by atoms with E-state index in [1.54, 1.807) is 11.9 Å². The molecule has 1 aromatic heterocycles. The summed E-state index contributed by atoms with van der Waals surface area (Å²) in [6.45, 7) is 0.709. The van der Waals surface area contributed by atoms with Gasteiger partial charge in [-0.3, -0.25) is 9.48 Å². The minimum absolute atomic E-state index is 0.0579. The Labute approximate surface area is 157 Å². The quantitative estimate of drug-likeness (QED) is 0.779. The largest absolute Gasteiger partial charge is 0.351 e. The first kappa shape index (κ1) is 16.9. The Morgan fingerprint density at radius 1 is 1.26 bits per heavy atom. The molecule has 0 aliphatic carbocycles. The van der Waals surface area contributed by atoms with Gasteiger partial charge in [-0.05, 0) is 5.56 Å². The Balaban J connectivity index is 1.51. The van der Waals surface area contributed by atoms with Crippen molar-refractivity contribution in [2.45, 2.75) is 35.5 Å². The highest BCUT2D eigenvalue weighted by Crippen LogP contribution is 2.52. The molecule has 0 N–H and O–H groups in total. The highest BCUT2D eigenvalue weighted by Gasteiger charge is 2.66. The lowest BCUT2D eigenvalue weighted by atomic mass is 10.0. The lowest BCUT2D eigenvalue weighted by Crippen LogP contribution is -2.49. The van der Waals surface area contributed by atoms with E-state index in [0.717, 1.165) is 5.56 Å². The monoisotopic (exact) mass is 388 g/mol. The van der Waals surface area contributed by atoms with E-state index >= 15 is 0 Å². The van der Waals surface area contributed by atoms with Crippen LogP contribution in [0, 0.1) is 0 Å². The molecule has 0 unspecified atom stereocenters. The van der Waals surface area contributed by atoms with Crippen LogP contribution in [0.2, 0.25) is 0 Å². The van der Waals surface area contributed by atoms with Crippen LogP contribution in [-0.4, -0.2) is 58.2 Å². The Bertz CT molecular complexity index is 1010. The second-order valence-electron chi connectivity index (χ2n) is 7.28.